The van der Waals surface area contributed by atoms with Crippen LogP contribution < -0.4 is 0 Å². The third kappa shape index (κ3) is 3.09. The Balaban J connectivity index is 1.85. The van der Waals surface area contributed by atoms with E-state index < -0.39 is 11.9 Å². The van der Waals surface area contributed by atoms with Crippen molar-refractivity contribution in [2.24, 2.45) is 0 Å². The molecule has 0 spiro atoms. The van der Waals surface area contributed by atoms with Gasteiger partial charge in [-0.3, -0.25) is 9.69 Å². The van der Waals surface area contributed by atoms with Crippen LogP contribution in [0, 0.1) is 0 Å². The van der Waals surface area contributed by atoms with Crippen LogP contribution in [0.15, 0.2) is 48.5 Å². The molecule has 0 fully saturated rings. The molecule has 21 heavy (non-hydrogen) atoms. The average Bonchev–Trinajstić information content (AvgIpc) is 2.46. The minimum Gasteiger partial charge on any atom is -0.481 e. The molecule has 2 aromatic carbocycles. The molecule has 0 saturated heterocycles. The lowest BCUT2D eigenvalue weighted by molar-refractivity contribution is -0.139. The smallest absolute Gasteiger partial charge is 0.312 e. The number of benzene rings is 2. The van der Waals surface area contributed by atoms with E-state index in [1.165, 1.54) is 0 Å². The molecule has 1 aliphatic rings. The molecule has 3 nitrogen and oxygen atoms in total. The van der Waals surface area contributed by atoms with Crippen molar-refractivity contribution in [3.8, 4) is 0 Å². The summed E-state index contributed by atoms with van der Waals surface area (Å²) in [5.74, 6) is -1.23. The van der Waals surface area contributed by atoms with Crippen LogP contribution in [0.3, 0.4) is 0 Å². The van der Waals surface area contributed by atoms with E-state index in [0.717, 1.165) is 23.2 Å². The van der Waals surface area contributed by atoms with Crippen LogP contribution in [-0.4, -0.2) is 22.5 Å². The number of carboxylic acid groups (broad SMARTS) is 1. The summed E-state index contributed by atoms with van der Waals surface area (Å²) in [5, 5.41) is 10.2. The number of hydrogen-bond donors (Lipinski definition) is 1. The lowest BCUT2D eigenvalue weighted by atomic mass is 9.89. The maximum atomic E-state index is 11.5. The molecule has 0 saturated carbocycles. The van der Waals surface area contributed by atoms with Crippen LogP contribution in [-0.2, 0) is 17.9 Å². The quantitative estimate of drug-likeness (QED) is 0.943. The van der Waals surface area contributed by atoms with Crippen LogP contribution >= 0.6 is 11.6 Å². The zero-order valence-electron chi connectivity index (χ0n) is 11.5. The fourth-order valence-corrected chi connectivity index (χ4v) is 3.12. The van der Waals surface area contributed by atoms with Gasteiger partial charge in [-0.05, 0) is 28.8 Å². The van der Waals surface area contributed by atoms with Gasteiger partial charge in [-0.1, -0.05) is 48.0 Å². The van der Waals surface area contributed by atoms with E-state index in [1.54, 1.807) is 0 Å². The first-order valence-electron chi connectivity index (χ1n) is 6.91. The monoisotopic (exact) mass is 301 g/mol. The summed E-state index contributed by atoms with van der Waals surface area (Å²) >= 11 is 6.01. The molecule has 2 aromatic rings. The number of nitrogens with zero attached hydrogens (tertiary/aromatic N) is 1. The van der Waals surface area contributed by atoms with Crippen LogP contribution in [0.1, 0.15) is 22.6 Å². The second kappa shape index (κ2) is 5.88. The minimum atomic E-state index is -0.766. The summed E-state index contributed by atoms with van der Waals surface area (Å²) in [6, 6.07) is 15.5. The van der Waals surface area contributed by atoms with Crippen LogP contribution in [0.4, 0.5) is 0 Å². The van der Waals surface area contributed by atoms with E-state index in [1.807, 2.05) is 48.5 Å². The third-order valence-corrected chi connectivity index (χ3v) is 4.09. The molecule has 1 unspecified atom stereocenters. The van der Waals surface area contributed by atoms with Gasteiger partial charge in [0, 0.05) is 24.7 Å². The number of carbonyl (C=O) groups is 1. The number of carboxylic acids is 1. The van der Waals surface area contributed by atoms with E-state index in [4.69, 9.17) is 11.6 Å². The van der Waals surface area contributed by atoms with Gasteiger partial charge in [-0.15, -0.1) is 0 Å². The molecule has 108 valence electrons. The summed E-state index contributed by atoms with van der Waals surface area (Å²) in [6.07, 6.45) is 0. The van der Waals surface area contributed by atoms with Gasteiger partial charge in [0.2, 0.25) is 0 Å². The SMILES string of the molecule is O=C(O)C1CN(Cc2cccc(Cl)c2)Cc2ccccc21. The maximum absolute atomic E-state index is 11.5. The zero-order chi connectivity index (χ0) is 14.8. The number of fused-ring (bicyclic) bond motifs is 1. The van der Waals surface area contributed by atoms with Crippen LogP contribution in [0.5, 0.6) is 0 Å². The lowest BCUT2D eigenvalue weighted by Gasteiger charge is -2.32. The predicted octanol–water partition coefficient (Wildman–Crippen LogP) is 3.52. The second-order valence-electron chi connectivity index (χ2n) is 5.39. The van der Waals surface area contributed by atoms with Gasteiger partial charge in [0.15, 0.2) is 0 Å². The van der Waals surface area contributed by atoms with Crippen molar-refractivity contribution in [3.05, 3.63) is 70.2 Å². The highest BCUT2D eigenvalue weighted by Gasteiger charge is 2.29. The molecule has 0 aliphatic carbocycles. The second-order valence-corrected chi connectivity index (χ2v) is 5.83. The molecule has 1 N–H and O–H groups in total. The van der Waals surface area contributed by atoms with Gasteiger partial charge < -0.3 is 5.11 Å². The van der Waals surface area contributed by atoms with Crippen LogP contribution in [0.25, 0.3) is 0 Å². The summed E-state index contributed by atoms with van der Waals surface area (Å²) in [6.45, 7) is 2.00. The highest BCUT2D eigenvalue weighted by molar-refractivity contribution is 6.30. The van der Waals surface area contributed by atoms with Crippen molar-refractivity contribution in [2.75, 3.05) is 6.54 Å². The lowest BCUT2D eigenvalue weighted by Crippen LogP contribution is -2.36. The van der Waals surface area contributed by atoms with Gasteiger partial charge in [0.05, 0.1) is 5.92 Å². The Morgan fingerprint density at radius 3 is 2.81 bits per heavy atom. The van der Waals surface area contributed by atoms with E-state index in [9.17, 15) is 9.90 Å². The van der Waals surface area contributed by atoms with Crippen LogP contribution in [0.2, 0.25) is 5.02 Å². The molecule has 3 rings (SSSR count). The molecule has 0 bridgehead atoms. The van der Waals surface area contributed by atoms with E-state index in [0.29, 0.717) is 18.1 Å². The first-order valence-corrected chi connectivity index (χ1v) is 7.28. The maximum Gasteiger partial charge on any atom is 0.312 e. The van der Waals surface area contributed by atoms with Crippen molar-refractivity contribution >= 4 is 17.6 Å². The van der Waals surface area contributed by atoms with Gasteiger partial charge >= 0.3 is 5.97 Å². The normalized spacial score (nSPS) is 18.2. The van der Waals surface area contributed by atoms with Gasteiger partial charge in [-0.2, -0.15) is 0 Å². The Morgan fingerprint density at radius 1 is 1.24 bits per heavy atom. The fraction of sp³-hybridized carbons (Fsp3) is 0.235. The Labute approximate surface area is 128 Å². The summed E-state index contributed by atoms with van der Waals surface area (Å²) in [5.41, 5.74) is 3.14. The zero-order valence-corrected chi connectivity index (χ0v) is 12.3. The first kappa shape index (κ1) is 14.1. The molecular formula is C17H16ClNO2. The molecule has 0 radical (unpaired) electrons. The first-order chi connectivity index (χ1) is 10.1. The average molecular weight is 302 g/mol. The topological polar surface area (TPSA) is 40.5 Å². The van der Waals surface area contributed by atoms with Crippen molar-refractivity contribution < 1.29 is 9.90 Å². The van der Waals surface area contributed by atoms with E-state index in [-0.39, 0.29) is 0 Å². The predicted molar refractivity (Wildman–Crippen MR) is 82.4 cm³/mol. The Hall–Kier alpha value is -1.84. The molecule has 0 aromatic heterocycles. The molecule has 1 aliphatic heterocycles. The molecule has 1 heterocycles. The largest absolute Gasteiger partial charge is 0.481 e. The fourth-order valence-electron chi connectivity index (χ4n) is 2.91. The molecule has 1 atom stereocenters. The highest BCUT2D eigenvalue weighted by atomic mass is 35.5. The van der Waals surface area contributed by atoms with Gasteiger partial charge in [0.25, 0.3) is 0 Å². The summed E-state index contributed by atoms with van der Waals surface area (Å²) in [4.78, 5) is 13.7. The Morgan fingerprint density at radius 2 is 2.05 bits per heavy atom. The number of aliphatic carboxylic acids is 1. The summed E-state index contributed by atoms with van der Waals surface area (Å²) in [7, 11) is 0. The molecular weight excluding hydrogens is 286 g/mol. The van der Waals surface area contributed by atoms with E-state index in [2.05, 4.69) is 4.90 Å². The number of halogens is 1. The van der Waals surface area contributed by atoms with Crippen molar-refractivity contribution in [1.82, 2.24) is 4.90 Å². The standard InChI is InChI=1S/C17H16ClNO2/c18-14-6-3-4-12(8-14)9-19-10-13-5-1-2-7-15(13)16(11-19)17(20)21/h1-8,16H,9-11H2,(H,20,21). The Bertz CT molecular complexity index is 671. The highest BCUT2D eigenvalue weighted by Crippen LogP contribution is 2.29. The Kier molecular flexibility index (Phi) is 3.95. The number of rotatable bonds is 3. The minimum absolute atomic E-state index is 0.464. The third-order valence-electron chi connectivity index (χ3n) is 3.86. The van der Waals surface area contributed by atoms with Crippen molar-refractivity contribution in [3.63, 3.8) is 0 Å². The molecule has 0 amide bonds. The van der Waals surface area contributed by atoms with Crippen molar-refractivity contribution in [1.29, 1.82) is 0 Å². The van der Waals surface area contributed by atoms with E-state index >= 15 is 0 Å². The van der Waals surface area contributed by atoms with Crippen molar-refractivity contribution in [2.45, 2.75) is 19.0 Å². The van der Waals surface area contributed by atoms with Gasteiger partial charge in [0.1, 0.15) is 0 Å². The number of hydrogen-bond acceptors (Lipinski definition) is 2. The summed E-state index contributed by atoms with van der Waals surface area (Å²) < 4.78 is 0. The van der Waals surface area contributed by atoms with Gasteiger partial charge in [-0.25, -0.2) is 0 Å². The molecule has 4 heteroatoms.